The molecule has 0 saturated heterocycles. The van der Waals surface area contributed by atoms with E-state index >= 15 is 0 Å². The quantitative estimate of drug-likeness (QED) is 0.0766. The number of rotatable bonds is 16. The molecular formula is C126H76N9O9Pt3-3. The molecule has 18 nitrogen and oxygen atoms in total. The van der Waals surface area contributed by atoms with Crippen LogP contribution in [0.3, 0.4) is 0 Å². The molecule has 0 bridgehead atoms. The summed E-state index contributed by atoms with van der Waals surface area (Å²) < 4.78 is 43.4. The van der Waals surface area contributed by atoms with Crippen LogP contribution in [0, 0.1) is 18.2 Å². The number of fused-ring (bicyclic) bond motifs is 15. The van der Waals surface area contributed by atoms with Gasteiger partial charge in [0.05, 0.1) is 50.2 Å². The molecule has 0 fully saturated rings. The van der Waals surface area contributed by atoms with Gasteiger partial charge in [0.25, 0.3) is 0 Å². The SMILES string of the molecule is Oc1cc2oc3ccccc3c2cc1Oc1nc2c(-c3[c-]c(-c4cc5ccccc5cn4)ccc3)cccc2n1-c1ccccc1.Oc1cc2oc3ccccc3c2cc1Oc1nc2c(-c3[c-]c(-c4nccc5ccccc45)cc(-c4ccccc4)c3)cccc2n1-c1ccccc1.Oc1cc2oc3ccccc3c2cc1Oc1nc2c(-c3[c-]c(-c4nccc5ccccc45)ccc3)cccc2n1-c1ccccc1.[Pt].[Pt].[Pt]. The average molecular weight is 2450 g/mol. The van der Waals surface area contributed by atoms with E-state index in [1.807, 2.05) is 354 Å². The Morgan fingerprint density at radius 1 is 0.238 bits per heavy atom. The summed E-state index contributed by atoms with van der Waals surface area (Å²) in [5.74, 6) is 0.710. The van der Waals surface area contributed by atoms with Gasteiger partial charge in [-0.25, -0.2) is 15.0 Å². The van der Waals surface area contributed by atoms with Gasteiger partial charge in [-0.3, -0.25) is 28.7 Å². The molecule has 9 aromatic heterocycles. The molecule has 28 rings (SSSR count). The molecule has 0 radical (unpaired) electrons. The second-order valence-corrected chi connectivity index (χ2v) is 35.0. The van der Waals surface area contributed by atoms with Crippen molar-refractivity contribution in [2.24, 2.45) is 0 Å². The predicted octanol–water partition coefficient (Wildman–Crippen LogP) is 32.0. The van der Waals surface area contributed by atoms with E-state index in [1.54, 1.807) is 30.3 Å². The van der Waals surface area contributed by atoms with Gasteiger partial charge in [0, 0.05) is 149 Å². The zero-order valence-electron chi connectivity index (χ0n) is 77.4. The number of hydrogen-bond donors (Lipinski definition) is 3. The number of nitrogens with zero attached hydrogens (tertiary/aromatic N) is 9. The number of aromatic nitrogens is 9. The molecule has 0 aliphatic heterocycles. The molecule has 0 atom stereocenters. The maximum atomic E-state index is 11.2. The van der Waals surface area contributed by atoms with Crippen LogP contribution in [0.4, 0.5) is 0 Å². The normalized spacial score (nSPS) is 11.3. The van der Waals surface area contributed by atoms with Crippen LogP contribution >= 0.6 is 0 Å². The minimum absolute atomic E-state index is 0. The first-order valence-corrected chi connectivity index (χ1v) is 47.0. The Morgan fingerprint density at radius 3 is 1.01 bits per heavy atom. The van der Waals surface area contributed by atoms with Crippen molar-refractivity contribution in [3.63, 3.8) is 0 Å². The summed E-state index contributed by atoms with van der Waals surface area (Å²) in [6.45, 7) is 0. The van der Waals surface area contributed by atoms with Crippen molar-refractivity contribution in [1.29, 1.82) is 0 Å². The zero-order chi connectivity index (χ0) is 95.8. The molecule has 19 aromatic carbocycles. The Labute approximate surface area is 882 Å². The molecule has 147 heavy (non-hydrogen) atoms. The summed E-state index contributed by atoms with van der Waals surface area (Å²) >= 11 is 0. The molecule has 28 aromatic rings. The number of phenols is 3. The minimum Gasteiger partial charge on any atom is -0.504 e. The van der Waals surface area contributed by atoms with Crippen LogP contribution in [-0.2, 0) is 63.2 Å². The number of furan rings is 3. The third-order valence-corrected chi connectivity index (χ3v) is 26.2. The van der Waals surface area contributed by atoms with Crippen LogP contribution in [0.25, 0.3) is 227 Å². The number of imidazole rings is 3. The molecule has 0 amide bonds. The number of hydrogen-bond acceptors (Lipinski definition) is 15. The third kappa shape index (κ3) is 17.3. The van der Waals surface area contributed by atoms with Gasteiger partial charge in [-0.05, 0) is 141 Å². The first-order valence-electron chi connectivity index (χ1n) is 47.0. The number of pyridine rings is 3. The van der Waals surface area contributed by atoms with E-state index in [4.69, 9.17) is 57.4 Å². The van der Waals surface area contributed by atoms with Gasteiger partial charge < -0.3 is 42.8 Å². The Morgan fingerprint density at radius 2 is 0.571 bits per heavy atom. The predicted molar refractivity (Wildman–Crippen MR) is 570 cm³/mol. The van der Waals surface area contributed by atoms with E-state index < -0.39 is 0 Å². The fourth-order valence-corrected chi connectivity index (χ4v) is 19.4. The van der Waals surface area contributed by atoms with Crippen molar-refractivity contribution < 1.29 is 106 Å². The summed E-state index contributed by atoms with van der Waals surface area (Å²) in [5.41, 5.74) is 24.1. The van der Waals surface area contributed by atoms with Crippen LogP contribution in [-0.4, -0.2) is 58.9 Å². The van der Waals surface area contributed by atoms with Crippen molar-refractivity contribution in [2.45, 2.75) is 0 Å². The maximum Gasteiger partial charge on any atom is 0.307 e. The van der Waals surface area contributed by atoms with Gasteiger partial charge in [0.2, 0.25) is 0 Å². The van der Waals surface area contributed by atoms with E-state index in [2.05, 4.69) is 91.0 Å². The first-order chi connectivity index (χ1) is 71.1. The largest absolute Gasteiger partial charge is 0.504 e. The molecule has 21 heteroatoms. The third-order valence-electron chi connectivity index (χ3n) is 26.2. The number of aromatic hydroxyl groups is 3. The fourth-order valence-electron chi connectivity index (χ4n) is 19.4. The topological polar surface area (TPSA) is 220 Å². The van der Waals surface area contributed by atoms with Crippen LogP contribution < -0.4 is 14.2 Å². The average Bonchev–Trinajstić information content (AvgIpc) is 1.67. The molecular weight excluding hydrogens is 2370 g/mol. The van der Waals surface area contributed by atoms with Gasteiger partial charge in [-0.1, -0.05) is 294 Å². The fraction of sp³-hybridized carbons (Fsp3) is 0. The molecule has 712 valence electrons. The number of benzene rings is 19. The summed E-state index contributed by atoms with van der Waals surface area (Å²) in [7, 11) is 0. The van der Waals surface area contributed by atoms with Crippen molar-refractivity contribution >= 4 is 131 Å². The van der Waals surface area contributed by atoms with Gasteiger partial charge in [-0.2, -0.15) is 0 Å². The van der Waals surface area contributed by atoms with E-state index in [0.717, 1.165) is 210 Å². The Kier molecular flexibility index (Phi) is 24.9. The molecule has 9 heterocycles. The van der Waals surface area contributed by atoms with Gasteiger partial charge >= 0.3 is 18.0 Å². The molecule has 0 spiro atoms. The zero-order valence-corrected chi connectivity index (χ0v) is 84.2. The number of ether oxygens (including phenoxy) is 3. The minimum atomic E-state index is -0.0467. The molecule has 0 aliphatic carbocycles. The smallest absolute Gasteiger partial charge is 0.307 e. The summed E-state index contributed by atoms with van der Waals surface area (Å²) in [6.07, 6.45) is 5.59. The van der Waals surface area contributed by atoms with E-state index in [1.165, 1.54) is 0 Å². The van der Waals surface area contributed by atoms with Crippen molar-refractivity contribution in [3.05, 3.63) is 461 Å². The van der Waals surface area contributed by atoms with Crippen molar-refractivity contribution in [1.82, 2.24) is 43.6 Å². The Balaban J connectivity index is 0.000000121. The summed E-state index contributed by atoms with van der Waals surface area (Å²) in [4.78, 5) is 29.6. The number of para-hydroxylation sites is 9. The number of phenolic OH excluding ortho intramolecular Hbond substituents is 3. The van der Waals surface area contributed by atoms with Gasteiger partial charge in [0.1, 0.15) is 33.5 Å². The van der Waals surface area contributed by atoms with E-state index in [-0.39, 0.29) is 97.7 Å². The summed E-state index contributed by atoms with van der Waals surface area (Å²) in [5, 5.41) is 45.2. The van der Waals surface area contributed by atoms with E-state index in [9.17, 15) is 15.3 Å². The monoisotopic (exact) mass is 2440 g/mol. The molecule has 0 aliphatic rings. The van der Waals surface area contributed by atoms with Crippen LogP contribution in [0.1, 0.15) is 0 Å². The second-order valence-electron chi connectivity index (χ2n) is 35.0. The molecule has 0 unspecified atom stereocenters. The van der Waals surface area contributed by atoms with Gasteiger partial charge in [-0.15, -0.1) is 83.4 Å². The second kappa shape index (κ2) is 39.4. The van der Waals surface area contributed by atoms with Crippen molar-refractivity contribution in [3.8, 4) is 148 Å². The maximum absolute atomic E-state index is 11.2. The van der Waals surface area contributed by atoms with E-state index in [0.29, 0.717) is 34.8 Å². The van der Waals surface area contributed by atoms with Crippen LogP contribution in [0.15, 0.2) is 456 Å². The Hall–Kier alpha value is -17.9. The van der Waals surface area contributed by atoms with Crippen LogP contribution in [0.5, 0.6) is 52.5 Å². The standard InChI is InChI=1S/C46H28N3O3.2C40H24N3O3.3Pt/c50-40-28-42-38(37-18-9-10-21-41(37)51-42)27-43(40)52-46-48-45-36(19-11-20-39(45)49(46)34-15-5-2-6-16-34)32-24-31(29-12-3-1-4-13-29)25-33(26-32)44-35-17-8-7-14-30(35)22-23-47-44;44-34-24-36-32(31-16-6-7-19-35(31)45-36)23-37(34)46-40-42-39-30(17-9-18-33(39)43(40)28-13-2-1-3-14-28)26-11-8-12-27(22-26)38-29-15-5-4-10-25(29)20-21-41-38;44-35-23-37-32(31-16-6-7-19-36(31)45-37)22-38(35)46-40-42-39-30(17-9-18-34(39)43(40)29-14-2-1-3-15-29)26-12-8-13-27(20-26)33-21-25-10-4-5-11-28(25)24-41-33;;;/h1-25,27-28,50H;1-21,23-24,44H;1-19,21-24,44H;;;/q3*-1;;;. The van der Waals surface area contributed by atoms with Gasteiger partial charge in [0.15, 0.2) is 34.5 Å². The molecule has 3 N–H and O–H groups in total. The van der Waals surface area contributed by atoms with Crippen LogP contribution in [0.2, 0.25) is 0 Å². The molecule has 0 saturated carbocycles. The summed E-state index contributed by atoms with van der Waals surface area (Å²) in [6, 6.07) is 151. The Bertz CT molecular complexity index is 9910. The first kappa shape index (κ1) is 92.8. The van der Waals surface area contributed by atoms with Crippen molar-refractivity contribution in [2.75, 3.05) is 0 Å².